The number of amides is 2. The molecule has 0 spiro atoms. The summed E-state index contributed by atoms with van der Waals surface area (Å²) >= 11 is 0. The summed E-state index contributed by atoms with van der Waals surface area (Å²) in [7, 11) is 1.54. The van der Waals surface area contributed by atoms with Gasteiger partial charge in [0.25, 0.3) is 9.05 Å². The molecule has 5 nitrogen and oxygen atoms in total. The maximum absolute atomic E-state index is 10.7. The lowest BCUT2D eigenvalue weighted by atomic mass is 10.2. The first-order valence-corrected chi connectivity index (χ1v) is 6.10. The van der Waals surface area contributed by atoms with Gasteiger partial charge in [-0.25, -0.2) is 13.2 Å². The highest BCUT2D eigenvalue weighted by Crippen LogP contribution is 2.14. The first kappa shape index (κ1) is 13.7. The lowest BCUT2D eigenvalue weighted by Gasteiger charge is -1.94. The average molecular weight is 251 g/mol. The first-order valence-electron chi connectivity index (χ1n) is 3.79. The molecule has 1 rings (SSSR count). The smallest absolute Gasteiger partial charge is 0.309 e. The molecule has 0 unspecified atom stereocenters. The van der Waals surface area contributed by atoms with Crippen LogP contribution in [0.15, 0.2) is 29.2 Å². The van der Waals surface area contributed by atoms with Crippen LogP contribution >= 0.6 is 10.7 Å². The summed E-state index contributed by atoms with van der Waals surface area (Å²) < 4.78 is 21.4. The zero-order valence-corrected chi connectivity index (χ0v) is 9.55. The molecule has 0 saturated carbocycles. The molecular formula is C8H11ClN2O3S. The van der Waals surface area contributed by atoms with Gasteiger partial charge in [0.05, 0.1) is 4.90 Å². The summed E-state index contributed by atoms with van der Waals surface area (Å²) in [4.78, 5) is 9.14. The standard InChI is InChI=1S/C7H7ClO2S.CH4N2O/c1-6-2-4-7(5-3-6)11(8,9)10;2-1(3)4/h2-5H,1H3;(H4,2,3,4). The molecule has 0 saturated heterocycles. The van der Waals surface area contributed by atoms with Gasteiger partial charge >= 0.3 is 6.03 Å². The summed E-state index contributed by atoms with van der Waals surface area (Å²) in [5, 5.41) is 0. The molecule has 0 bridgehead atoms. The van der Waals surface area contributed by atoms with E-state index in [4.69, 9.17) is 15.5 Å². The van der Waals surface area contributed by atoms with E-state index >= 15 is 0 Å². The second-order valence-corrected chi connectivity index (χ2v) is 5.22. The van der Waals surface area contributed by atoms with Gasteiger partial charge in [0.1, 0.15) is 0 Å². The zero-order chi connectivity index (χ0) is 12.1. The Balaban J connectivity index is 0.000000423. The van der Waals surface area contributed by atoms with Gasteiger partial charge in [0.15, 0.2) is 0 Å². The van der Waals surface area contributed by atoms with Crippen LogP contribution in [0.25, 0.3) is 0 Å². The third-order valence-corrected chi connectivity index (χ3v) is 2.67. The number of hydrogen-bond donors (Lipinski definition) is 2. The fourth-order valence-corrected chi connectivity index (χ4v) is 1.47. The maximum Gasteiger partial charge on any atom is 0.309 e. The van der Waals surface area contributed by atoms with Crippen molar-refractivity contribution >= 4 is 25.8 Å². The number of hydrogen-bond acceptors (Lipinski definition) is 3. The lowest BCUT2D eigenvalue weighted by molar-refractivity contribution is 0.256. The largest absolute Gasteiger partial charge is 0.352 e. The number of urea groups is 1. The van der Waals surface area contributed by atoms with Crippen LogP contribution in [0.4, 0.5) is 4.79 Å². The molecule has 1 aromatic carbocycles. The number of nitrogens with two attached hydrogens (primary N) is 2. The summed E-state index contributed by atoms with van der Waals surface area (Å²) in [6, 6.07) is 5.54. The van der Waals surface area contributed by atoms with Crippen LogP contribution in [-0.2, 0) is 9.05 Å². The Bertz CT molecular complexity index is 424. The normalized spacial score (nSPS) is 10.0. The van der Waals surface area contributed by atoms with E-state index in [1.165, 1.54) is 12.1 Å². The third-order valence-electron chi connectivity index (χ3n) is 1.30. The highest BCUT2D eigenvalue weighted by molar-refractivity contribution is 8.13. The predicted octanol–water partition coefficient (Wildman–Crippen LogP) is 0.946. The van der Waals surface area contributed by atoms with E-state index in [9.17, 15) is 8.42 Å². The molecule has 2 amide bonds. The van der Waals surface area contributed by atoms with E-state index in [1.54, 1.807) is 12.1 Å². The Morgan fingerprint density at radius 2 is 1.53 bits per heavy atom. The maximum atomic E-state index is 10.7. The van der Waals surface area contributed by atoms with E-state index in [0.717, 1.165) is 5.56 Å². The highest BCUT2D eigenvalue weighted by Gasteiger charge is 2.07. The van der Waals surface area contributed by atoms with Crippen LogP contribution in [0.3, 0.4) is 0 Å². The predicted molar refractivity (Wildman–Crippen MR) is 58.0 cm³/mol. The monoisotopic (exact) mass is 250 g/mol. The SMILES string of the molecule is Cc1ccc(S(=O)(=O)Cl)cc1.NC(N)=O. The van der Waals surface area contributed by atoms with Gasteiger partial charge in [-0.15, -0.1) is 0 Å². The topological polar surface area (TPSA) is 103 Å². The second kappa shape index (κ2) is 5.57. The van der Waals surface area contributed by atoms with Gasteiger partial charge in [-0.3, -0.25) is 0 Å². The van der Waals surface area contributed by atoms with Crippen LogP contribution in [0.1, 0.15) is 5.56 Å². The minimum atomic E-state index is -3.55. The average Bonchev–Trinajstić information content (AvgIpc) is 2.01. The van der Waals surface area contributed by atoms with Gasteiger partial charge in [0.2, 0.25) is 0 Å². The quantitative estimate of drug-likeness (QED) is 0.725. The van der Waals surface area contributed by atoms with Crippen molar-refractivity contribution in [2.24, 2.45) is 11.5 Å². The van der Waals surface area contributed by atoms with E-state index < -0.39 is 15.1 Å². The molecule has 0 heterocycles. The van der Waals surface area contributed by atoms with Crippen molar-refractivity contribution in [1.29, 1.82) is 0 Å². The fraction of sp³-hybridized carbons (Fsp3) is 0.125. The molecule has 0 fully saturated rings. The van der Waals surface area contributed by atoms with Crippen molar-refractivity contribution in [2.75, 3.05) is 0 Å². The van der Waals surface area contributed by atoms with Crippen LogP contribution in [-0.4, -0.2) is 14.4 Å². The fourth-order valence-electron chi connectivity index (χ4n) is 0.701. The zero-order valence-electron chi connectivity index (χ0n) is 7.98. The van der Waals surface area contributed by atoms with Crippen LogP contribution in [0.2, 0.25) is 0 Å². The number of primary amides is 2. The van der Waals surface area contributed by atoms with E-state index in [0.29, 0.717) is 0 Å². The molecule has 84 valence electrons. The number of rotatable bonds is 1. The highest BCUT2D eigenvalue weighted by atomic mass is 35.7. The van der Waals surface area contributed by atoms with Gasteiger partial charge in [-0.2, -0.15) is 0 Å². The summed E-state index contributed by atoms with van der Waals surface area (Å²) in [6.07, 6.45) is 0. The number of carbonyl (C=O) groups excluding carboxylic acids is 1. The Kier molecular flexibility index (Phi) is 5.10. The molecular weight excluding hydrogens is 240 g/mol. The van der Waals surface area contributed by atoms with Crippen molar-refractivity contribution in [3.05, 3.63) is 29.8 Å². The molecule has 0 aromatic heterocycles. The van der Waals surface area contributed by atoms with Gasteiger partial charge in [0, 0.05) is 10.7 Å². The molecule has 0 aliphatic heterocycles. The van der Waals surface area contributed by atoms with E-state index in [1.807, 2.05) is 6.92 Å². The first-order chi connectivity index (χ1) is 6.73. The number of aryl methyl sites for hydroxylation is 1. The molecule has 15 heavy (non-hydrogen) atoms. The van der Waals surface area contributed by atoms with Crippen LogP contribution in [0, 0.1) is 6.92 Å². The molecule has 0 aliphatic rings. The molecule has 7 heteroatoms. The number of carbonyl (C=O) groups is 1. The van der Waals surface area contributed by atoms with Crippen molar-refractivity contribution < 1.29 is 13.2 Å². The van der Waals surface area contributed by atoms with Gasteiger partial charge in [-0.05, 0) is 19.1 Å². The molecule has 0 aliphatic carbocycles. The summed E-state index contributed by atoms with van der Waals surface area (Å²) in [6.45, 7) is 1.88. The molecule has 0 atom stereocenters. The van der Waals surface area contributed by atoms with E-state index in [2.05, 4.69) is 11.5 Å². The molecule has 1 aromatic rings. The van der Waals surface area contributed by atoms with Crippen molar-refractivity contribution in [1.82, 2.24) is 0 Å². The third kappa shape index (κ3) is 6.75. The number of halogens is 1. The Labute approximate surface area is 92.4 Å². The van der Waals surface area contributed by atoms with Crippen molar-refractivity contribution in [2.45, 2.75) is 11.8 Å². The lowest BCUT2D eigenvalue weighted by Crippen LogP contribution is -2.18. The van der Waals surface area contributed by atoms with Gasteiger partial charge in [-0.1, -0.05) is 17.7 Å². The Morgan fingerprint density at radius 1 is 1.20 bits per heavy atom. The molecule has 0 radical (unpaired) electrons. The molecule has 4 N–H and O–H groups in total. The van der Waals surface area contributed by atoms with Crippen LogP contribution < -0.4 is 11.5 Å². The second-order valence-electron chi connectivity index (χ2n) is 2.65. The van der Waals surface area contributed by atoms with E-state index in [-0.39, 0.29) is 4.90 Å². The summed E-state index contributed by atoms with van der Waals surface area (Å²) in [5.41, 5.74) is 9.51. The van der Waals surface area contributed by atoms with Crippen molar-refractivity contribution in [3.8, 4) is 0 Å². The van der Waals surface area contributed by atoms with Gasteiger partial charge < -0.3 is 11.5 Å². The Morgan fingerprint density at radius 3 is 1.80 bits per heavy atom. The minimum absolute atomic E-state index is 0.143. The minimum Gasteiger partial charge on any atom is -0.352 e. The van der Waals surface area contributed by atoms with Crippen LogP contribution in [0.5, 0.6) is 0 Å². The Hall–Kier alpha value is -1.27. The summed E-state index contributed by atoms with van der Waals surface area (Å²) in [5.74, 6) is 0. The van der Waals surface area contributed by atoms with Crippen molar-refractivity contribution in [3.63, 3.8) is 0 Å². The number of benzene rings is 1.